The van der Waals surface area contributed by atoms with Gasteiger partial charge in [-0.25, -0.2) is 4.79 Å². The van der Waals surface area contributed by atoms with Crippen LogP contribution in [0.15, 0.2) is 18.2 Å². The highest BCUT2D eigenvalue weighted by Gasteiger charge is 2.31. The number of carbonyl (C=O) groups excluding carboxylic acids is 3. The molecule has 0 bridgehead atoms. The number of rotatable bonds is 8. The summed E-state index contributed by atoms with van der Waals surface area (Å²) in [4.78, 5) is 41.9. The topological polar surface area (TPSA) is 120 Å². The number of aliphatic hydroxyl groups excluding tert-OH is 1. The number of nitrogens with one attached hydrogen (secondary N) is 2. The molecule has 13 heteroatoms. The number of aliphatic hydroxyl groups is 1. The number of fused-ring (bicyclic) bond motifs is 1. The minimum Gasteiger partial charge on any atom is -0.490 e. The van der Waals surface area contributed by atoms with Crippen molar-refractivity contribution >= 4 is 23.5 Å². The highest BCUT2D eigenvalue weighted by atomic mass is 19.4. The van der Waals surface area contributed by atoms with Gasteiger partial charge in [0.1, 0.15) is 5.75 Å². The third-order valence-corrected chi connectivity index (χ3v) is 7.18. The average molecular weight is 617 g/mol. The van der Waals surface area contributed by atoms with Gasteiger partial charge in [-0.1, -0.05) is 6.92 Å². The lowest BCUT2D eigenvalue weighted by atomic mass is 10.0. The van der Waals surface area contributed by atoms with E-state index in [1.54, 1.807) is 18.9 Å². The number of hydrogen-bond acceptors (Lipinski definition) is 6. The molecule has 4 atom stereocenters. The Bertz CT molecular complexity index is 1070. The van der Waals surface area contributed by atoms with Crippen molar-refractivity contribution in [2.24, 2.45) is 5.92 Å². The summed E-state index contributed by atoms with van der Waals surface area (Å²) in [6.45, 7) is 9.78. The normalized spacial score (nSPS) is 21.3. The number of carbonyl (C=O) groups is 3. The number of amides is 4. The largest absolute Gasteiger partial charge is 0.490 e. The Hall–Kier alpha value is -3.06. The quantitative estimate of drug-likeness (QED) is 0.386. The molecule has 43 heavy (non-hydrogen) atoms. The van der Waals surface area contributed by atoms with E-state index < -0.39 is 43.0 Å². The third kappa shape index (κ3) is 12.2. The first-order valence-corrected chi connectivity index (χ1v) is 14.8. The molecule has 0 fully saturated rings. The van der Waals surface area contributed by atoms with Crippen molar-refractivity contribution in [3.05, 3.63) is 23.8 Å². The number of alkyl halides is 3. The Kier molecular flexibility index (Phi) is 14.0. The molecule has 0 spiro atoms. The monoisotopic (exact) mass is 616 g/mol. The van der Waals surface area contributed by atoms with E-state index in [1.165, 1.54) is 23.1 Å². The van der Waals surface area contributed by atoms with E-state index in [1.807, 2.05) is 27.7 Å². The van der Waals surface area contributed by atoms with Crippen molar-refractivity contribution in [2.45, 2.75) is 97.2 Å². The highest BCUT2D eigenvalue weighted by molar-refractivity contribution is 5.99. The number of benzene rings is 1. The second-order valence-electron chi connectivity index (χ2n) is 11.7. The molecule has 1 aromatic carbocycles. The summed E-state index contributed by atoms with van der Waals surface area (Å²) >= 11 is 0. The van der Waals surface area contributed by atoms with Crippen LogP contribution in [-0.4, -0.2) is 96.6 Å². The van der Waals surface area contributed by atoms with E-state index in [2.05, 4.69) is 10.6 Å². The van der Waals surface area contributed by atoms with Gasteiger partial charge in [0.05, 0.1) is 36.8 Å². The van der Waals surface area contributed by atoms with Crippen molar-refractivity contribution in [3.63, 3.8) is 0 Å². The standard InChI is InChI=1S/C30H47F3N4O6/c1-19(2)34-29(41)36(6)17-26-20(3)16-37(21(4)18-38)28(40)24-15-23(35-27(39)12-13-30(31,32)33)10-11-25(24)43-22(5)9-7-8-14-42-26/h10-11,15,19-22,26,38H,7-9,12-14,16-18H2,1-6H3,(H,34,41)(H,35,39)/t20-,21-,22+,26-/m1/s1. The van der Waals surface area contributed by atoms with Crippen LogP contribution >= 0.6 is 0 Å². The molecule has 0 aromatic heterocycles. The molecule has 0 saturated heterocycles. The van der Waals surface area contributed by atoms with Crippen LogP contribution in [-0.2, 0) is 9.53 Å². The van der Waals surface area contributed by atoms with Gasteiger partial charge in [0, 0.05) is 50.8 Å². The van der Waals surface area contributed by atoms with Gasteiger partial charge in [-0.3, -0.25) is 9.59 Å². The maximum atomic E-state index is 14.1. The van der Waals surface area contributed by atoms with E-state index >= 15 is 0 Å². The Labute approximate surface area is 252 Å². The molecular weight excluding hydrogens is 569 g/mol. The minimum absolute atomic E-state index is 0.0422. The second kappa shape index (κ2) is 16.7. The first-order valence-electron chi connectivity index (χ1n) is 14.8. The minimum atomic E-state index is -4.47. The van der Waals surface area contributed by atoms with Gasteiger partial charge in [-0.05, 0) is 65.2 Å². The SMILES string of the molecule is CC(C)NC(=O)N(C)C[C@H]1OCCCC[C@H](C)Oc2ccc(NC(=O)CCC(F)(F)F)cc2C(=O)N([C@H](C)CO)C[C@H]1C. The zero-order valence-corrected chi connectivity index (χ0v) is 26.0. The first-order chi connectivity index (χ1) is 20.1. The smallest absolute Gasteiger partial charge is 0.389 e. The second-order valence-corrected chi connectivity index (χ2v) is 11.7. The molecule has 1 aliphatic rings. The van der Waals surface area contributed by atoms with Gasteiger partial charge < -0.3 is 35.0 Å². The number of halogens is 3. The number of nitrogens with zero attached hydrogens (tertiary/aromatic N) is 2. The van der Waals surface area contributed by atoms with Crippen molar-refractivity contribution in [1.29, 1.82) is 0 Å². The lowest BCUT2D eigenvalue weighted by molar-refractivity contribution is -0.142. The summed E-state index contributed by atoms with van der Waals surface area (Å²) in [7, 11) is 1.68. The van der Waals surface area contributed by atoms with E-state index in [4.69, 9.17) is 9.47 Å². The van der Waals surface area contributed by atoms with Gasteiger partial charge in [0.15, 0.2) is 0 Å². The van der Waals surface area contributed by atoms with E-state index in [0.717, 1.165) is 12.8 Å². The summed E-state index contributed by atoms with van der Waals surface area (Å²) < 4.78 is 50.2. The number of ether oxygens (including phenoxy) is 2. The number of likely N-dealkylation sites (N-methyl/N-ethyl adjacent to an activating group) is 1. The van der Waals surface area contributed by atoms with Crippen molar-refractivity contribution in [2.75, 3.05) is 38.7 Å². The fourth-order valence-corrected chi connectivity index (χ4v) is 4.65. The number of hydrogen-bond donors (Lipinski definition) is 3. The molecule has 3 N–H and O–H groups in total. The predicted molar refractivity (Wildman–Crippen MR) is 157 cm³/mol. The van der Waals surface area contributed by atoms with Gasteiger partial charge in [-0.2, -0.15) is 13.2 Å². The summed E-state index contributed by atoms with van der Waals surface area (Å²) in [5, 5.41) is 15.4. The summed E-state index contributed by atoms with van der Waals surface area (Å²) in [6, 6.07) is 3.50. The van der Waals surface area contributed by atoms with E-state index in [0.29, 0.717) is 13.0 Å². The molecule has 10 nitrogen and oxygen atoms in total. The van der Waals surface area contributed by atoms with Crippen LogP contribution in [0.5, 0.6) is 5.75 Å². The Morgan fingerprint density at radius 3 is 2.51 bits per heavy atom. The molecule has 0 saturated carbocycles. The summed E-state index contributed by atoms with van der Waals surface area (Å²) in [6.07, 6.45) is -4.97. The van der Waals surface area contributed by atoms with E-state index in [-0.39, 0.29) is 60.8 Å². The molecule has 1 aromatic rings. The van der Waals surface area contributed by atoms with Crippen LogP contribution in [0.1, 0.15) is 77.1 Å². The maximum absolute atomic E-state index is 14.1. The van der Waals surface area contributed by atoms with Crippen LogP contribution < -0.4 is 15.4 Å². The van der Waals surface area contributed by atoms with Crippen molar-refractivity contribution in [3.8, 4) is 5.75 Å². The van der Waals surface area contributed by atoms with Gasteiger partial charge in [0.25, 0.3) is 5.91 Å². The van der Waals surface area contributed by atoms with Crippen LogP contribution in [0.2, 0.25) is 0 Å². The van der Waals surface area contributed by atoms with Crippen LogP contribution in [0.4, 0.5) is 23.7 Å². The molecule has 2 rings (SSSR count). The lowest BCUT2D eigenvalue weighted by Gasteiger charge is -2.36. The molecule has 1 heterocycles. The summed E-state index contributed by atoms with van der Waals surface area (Å²) in [5.74, 6) is -1.31. The van der Waals surface area contributed by atoms with Gasteiger partial charge in [-0.15, -0.1) is 0 Å². The zero-order chi connectivity index (χ0) is 32.3. The molecule has 0 unspecified atom stereocenters. The molecular formula is C30H47F3N4O6. The van der Waals surface area contributed by atoms with Crippen molar-refractivity contribution in [1.82, 2.24) is 15.1 Å². The number of urea groups is 1. The Balaban J connectivity index is 2.42. The third-order valence-electron chi connectivity index (χ3n) is 7.18. The zero-order valence-electron chi connectivity index (χ0n) is 26.0. The molecule has 0 radical (unpaired) electrons. The Morgan fingerprint density at radius 1 is 1.19 bits per heavy atom. The molecule has 4 amide bonds. The van der Waals surface area contributed by atoms with Crippen LogP contribution in [0, 0.1) is 5.92 Å². The van der Waals surface area contributed by atoms with Gasteiger partial charge >= 0.3 is 12.2 Å². The molecule has 244 valence electrons. The van der Waals surface area contributed by atoms with Crippen LogP contribution in [0.3, 0.4) is 0 Å². The molecule has 1 aliphatic heterocycles. The van der Waals surface area contributed by atoms with Crippen molar-refractivity contribution < 1.29 is 42.1 Å². The first kappa shape index (κ1) is 36.1. The fourth-order valence-electron chi connectivity index (χ4n) is 4.65. The Morgan fingerprint density at radius 2 is 1.88 bits per heavy atom. The lowest BCUT2D eigenvalue weighted by Crippen LogP contribution is -2.49. The number of anilines is 1. The fraction of sp³-hybridized carbons (Fsp3) is 0.700. The van der Waals surface area contributed by atoms with E-state index in [9.17, 15) is 32.7 Å². The highest BCUT2D eigenvalue weighted by Crippen LogP contribution is 2.29. The maximum Gasteiger partial charge on any atom is 0.389 e. The summed E-state index contributed by atoms with van der Waals surface area (Å²) in [5.41, 5.74) is 0.260. The van der Waals surface area contributed by atoms with Crippen LogP contribution in [0.25, 0.3) is 0 Å². The average Bonchev–Trinajstić information content (AvgIpc) is 2.92. The predicted octanol–water partition coefficient (Wildman–Crippen LogP) is 4.81. The molecule has 0 aliphatic carbocycles. The van der Waals surface area contributed by atoms with Gasteiger partial charge in [0.2, 0.25) is 5.91 Å².